The van der Waals surface area contributed by atoms with Gasteiger partial charge in [0.25, 0.3) is 0 Å². The highest BCUT2D eigenvalue weighted by molar-refractivity contribution is 7.09. The Hall–Kier alpha value is -0.880. The highest BCUT2D eigenvalue weighted by Crippen LogP contribution is 2.24. The summed E-state index contributed by atoms with van der Waals surface area (Å²) in [6.45, 7) is 6.27. The van der Waals surface area contributed by atoms with Crippen LogP contribution in [0.4, 0.5) is 0 Å². The second-order valence-corrected chi connectivity index (χ2v) is 4.26. The lowest BCUT2D eigenvalue weighted by Crippen LogP contribution is -2.10. The van der Waals surface area contributed by atoms with Crippen molar-refractivity contribution >= 4 is 11.3 Å². The molecule has 1 rings (SSSR count). The van der Waals surface area contributed by atoms with Gasteiger partial charge in [0.15, 0.2) is 5.69 Å². The van der Waals surface area contributed by atoms with Crippen molar-refractivity contribution in [2.24, 2.45) is 0 Å². The third kappa shape index (κ3) is 1.78. The van der Waals surface area contributed by atoms with E-state index in [1.165, 1.54) is 0 Å². The predicted molar refractivity (Wildman–Crippen MR) is 45.5 cm³/mol. The second kappa shape index (κ2) is 2.63. The predicted octanol–water partition coefficient (Wildman–Crippen LogP) is 2.31. The Balaban J connectivity index is 3.01. The molecule has 0 saturated carbocycles. The molecule has 0 aliphatic carbocycles. The minimum Gasteiger partial charge on any atom is -0.230 e. The van der Waals surface area contributed by atoms with E-state index in [9.17, 15) is 0 Å². The van der Waals surface area contributed by atoms with Gasteiger partial charge in [-0.15, -0.1) is 11.3 Å². The summed E-state index contributed by atoms with van der Waals surface area (Å²) in [7, 11) is 0. The molecule has 0 fully saturated rings. The van der Waals surface area contributed by atoms with Crippen molar-refractivity contribution in [3.63, 3.8) is 0 Å². The van der Waals surface area contributed by atoms with E-state index in [0.717, 1.165) is 5.01 Å². The molecule has 0 aromatic carbocycles. The topological polar surface area (TPSA) is 36.7 Å². The van der Waals surface area contributed by atoms with Gasteiger partial charge in [-0.25, -0.2) is 4.98 Å². The van der Waals surface area contributed by atoms with Gasteiger partial charge < -0.3 is 0 Å². The first kappa shape index (κ1) is 8.22. The first-order chi connectivity index (χ1) is 5.04. The van der Waals surface area contributed by atoms with Crippen LogP contribution in [0.2, 0.25) is 0 Å². The van der Waals surface area contributed by atoms with E-state index in [1.807, 2.05) is 6.07 Å². The summed E-state index contributed by atoms with van der Waals surface area (Å²) in [6, 6.07) is 2.02. The van der Waals surface area contributed by atoms with Crippen molar-refractivity contribution < 1.29 is 0 Å². The van der Waals surface area contributed by atoms with Crippen LogP contribution < -0.4 is 0 Å². The smallest absolute Gasteiger partial charge is 0.151 e. The standard InChI is InChI=1S/C8H10N2S/c1-8(2,3)7-10-6(4-9)5-11-7/h5H,1-3H3. The first-order valence-electron chi connectivity index (χ1n) is 3.40. The fraction of sp³-hybridized carbons (Fsp3) is 0.500. The summed E-state index contributed by atoms with van der Waals surface area (Å²) in [5.74, 6) is 0. The van der Waals surface area contributed by atoms with E-state index < -0.39 is 0 Å². The quantitative estimate of drug-likeness (QED) is 0.593. The molecule has 2 nitrogen and oxygen atoms in total. The summed E-state index contributed by atoms with van der Waals surface area (Å²) in [6.07, 6.45) is 0. The van der Waals surface area contributed by atoms with Crippen molar-refractivity contribution in [2.75, 3.05) is 0 Å². The molecular formula is C8H10N2S. The number of nitrogens with zero attached hydrogens (tertiary/aromatic N) is 2. The molecule has 58 valence electrons. The Kier molecular flexibility index (Phi) is 1.97. The fourth-order valence-corrected chi connectivity index (χ4v) is 1.50. The Bertz CT molecular complexity index is 288. The van der Waals surface area contributed by atoms with Crippen molar-refractivity contribution in [3.8, 4) is 6.07 Å². The van der Waals surface area contributed by atoms with Crippen LogP contribution in [-0.4, -0.2) is 4.98 Å². The zero-order valence-electron chi connectivity index (χ0n) is 6.88. The Morgan fingerprint density at radius 1 is 1.55 bits per heavy atom. The molecule has 0 unspecified atom stereocenters. The Morgan fingerprint density at radius 2 is 2.18 bits per heavy atom. The van der Waals surface area contributed by atoms with Crippen molar-refractivity contribution in [3.05, 3.63) is 16.1 Å². The van der Waals surface area contributed by atoms with Gasteiger partial charge in [-0.05, 0) is 0 Å². The molecule has 0 aliphatic heterocycles. The van der Waals surface area contributed by atoms with Crippen LogP contribution >= 0.6 is 11.3 Å². The third-order valence-corrected chi connectivity index (χ3v) is 2.53. The van der Waals surface area contributed by atoms with E-state index in [1.54, 1.807) is 16.7 Å². The molecule has 11 heavy (non-hydrogen) atoms. The SMILES string of the molecule is CC(C)(C)c1nc(C#N)cs1. The monoisotopic (exact) mass is 166 g/mol. The lowest BCUT2D eigenvalue weighted by atomic mass is 9.98. The molecule has 0 spiro atoms. The molecule has 0 atom stereocenters. The number of rotatable bonds is 0. The average molecular weight is 166 g/mol. The molecule has 0 bridgehead atoms. The lowest BCUT2D eigenvalue weighted by Gasteiger charge is -2.13. The number of nitriles is 1. The second-order valence-electron chi connectivity index (χ2n) is 3.40. The molecule has 0 saturated heterocycles. The van der Waals surface area contributed by atoms with E-state index in [-0.39, 0.29) is 5.41 Å². The summed E-state index contributed by atoms with van der Waals surface area (Å²) >= 11 is 1.55. The molecule has 3 heteroatoms. The molecule has 1 aromatic heterocycles. The van der Waals surface area contributed by atoms with E-state index in [2.05, 4.69) is 25.8 Å². The van der Waals surface area contributed by atoms with Crippen LogP contribution in [0.5, 0.6) is 0 Å². The fourth-order valence-electron chi connectivity index (χ4n) is 0.670. The molecule has 0 radical (unpaired) electrons. The van der Waals surface area contributed by atoms with Crippen LogP contribution in [0.3, 0.4) is 0 Å². The van der Waals surface area contributed by atoms with Crippen LogP contribution in [0, 0.1) is 11.3 Å². The molecule has 0 N–H and O–H groups in total. The van der Waals surface area contributed by atoms with Gasteiger partial charge >= 0.3 is 0 Å². The number of aromatic nitrogens is 1. The molecule has 0 amide bonds. The van der Waals surface area contributed by atoms with Gasteiger partial charge in [0, 0.05) is 10.8 Å². The van der Waals surface area contributed by atoms with Gasteiger partial charge in [-0.3, -0.25) is 0 Å². The zero-order chi connectivity index (χ0) is 8.48. The van der Waals surface area contributed by atoms with Crippen LogP contribution in [-0.2, 0) is 5.41 Å². The molecular weight excluding hydrogens is 156 g/mol. The molecule has 0 aliphatic rings. The number of hydrogen-bond acceptors (Lipinski definition) is 3. The number of thiazole rings is 1. The third-order valence-electron chi connectivity index (χ3n) is 1.26. The van der Waals surface area contributed by atoms with Gasteiger partial charge in [0.2, 0.25) is 0 Å². The zero-order valence-corrected chi connectivity index (χ0v) is 7.70. The maximum Gasteiger partial charge on any atom is 0.151 e. The van der Waals surface area contributed by atoms with E-state index in [4.69, 9.17) is 5.26 Å². The minimum absolute atomic E-state index is 0.0692. The highest BCUT2D eigenvalue weighted by atomic mass is 32.1. The Morgan fingerprint density at radius 3 is 2.45 bits per heavy atom. The van der Waals surface area contributed by atoms with Gasteiger partial charge in [0.1, 0.15) is 6.07 Å². The van der Waals surface area contributed by atoms with Crippen molar-refractivity contribution in [1.29, 1.82) is 5.26 Å². The Labute approximate surface area is 70.5 Å². The largest absolute Gasteiger partial charge is 0.230 e. The first-order valence-corrected chi connectivity index (χ1v) is 4.28. The molecule has 1 aromatic rings. The van der Waals surface area contributed by atoms with Crippen molar-refractivity contribution in [2.45, 2.75) is 26.2 Å². The van der Waals surface area contributed by atoms with Gasteiger partial charge in [-0.2, -0.15) is 5.26 Å². The van der Waals surface area contributed by atoms with E-state index in [0.29, 0.717) is 5.69 Å². The minimum atomic E-state index is 0.0692. The van der Waals surface area contributed by atoms with Crippen molar-refractivity contribution in [1.82, 2.24) is 4.98 Å². The number of hydrogen-bond donors (Lipinski definition) is 0. The van der Waals surface area contributed by atoms with E-state index >= 15 is 0 Å². The van der Waals surface area contributed by atoms with Gasteiger partial charge in [-0.1, -0.05) is 20.8 Å². The van der Waals surface area contributed by atoms with Crippen LogP contribution in [0.15, 0.2) is 5.38 Å². The summed E-state index contributed by atoms with van der Waals surface area (Å²) in [4.78, 5) is 4.16. The lowest BCUT2D eigenvalue weighted by molar-refractivity contribution is 0.585. The van der Waals surface area contributed by atoms with Crippen LogP contribution in [0.1, 0.15) is 31.5 Å². The highest BCUT2D eigenvalue weighted by Gasteiger charge is 2.17. The molecule has 1 heterocycles. The summed E-state index contributed by atoms with van der Waals surface area (Å²) in [5.41, 5.74) is 0.597. The van der Waals surface area contributed by atoms with Crippen LogP contribution in [0.25, 0.3) is 0 Å². The average Bonchev–Trinajstić information content (AvgIpc) is 2.32. The maximum atomic E-state index is 8.51. The normalized spacial score (nSPS) is 11.1. The summed E-state index contributed by atoms with van der Waals surface area (Å²) < 4.78 is 0. The van der Waals surface area contributed by atoms with Gasteiger partial charge in [0.05, 0.1) is 5.01 Å². The summed E-state index contributed by atoms with van der Waals surface area (Å²) in [5, 5.41) is 11.3. The maximum absolute atomic E-state index is 8.51.